The van der Waals surface area contributed by atoms with Gasteiger partial charge in [0.25, 0.3) is 0 Å². The maximum atomic E-state index is 11.9. The zero-order chi connectivity index (χ0) is 14.8. The first-order valence-corrected chi connectivity index (χ1v) is 7.53. The number of carbonyl (C=O) groups excluding carboxylic acids is 2. The molecule has 1 aliphatic rings. The molecule has 2 heterocycles. The summed E-state index contributed by atoms with van der Waals surface area (Å²) in [6.07, 6.45) is 2.85. The highest BCUT2D eigenvalue weighted by Crippen LogP contribution is 2.25. The molecule has 1 saturated heterocycles. The lowest BCUT2D eigenvalue weighted by Crippen LogP contribution is -2.63. The molecule has 0 radical (unpaired) electrons. The number of amides is 2. The van der Waals surface area contributed by atoms with E-state index in [0.29, 0.717) is 6.54 Å². The Morgan fingerprint density at radius 1 is 1.50 bits per heavy atom. The van der Waals surface area contributed by atoms with Crippen molar-refractivity contribution >= 4 is 28.3 Å². The van der Waals surface area contributed by atoms with Gasteiger partial charge in [-0.25, -0.2) is 4.98 Å². The summed E-state index contributed by atoms with van der Waals surface area (Å²) < 4.78 is 0. The van der Waals surface area contributed by atoms with E-state index in [2.05, 4.69) is 22.5 Å². The van der Waals surface area contributed by atoms with E-state index in [-0.39, 0.29) is 18.4 Å². The second kappa shape index (κ2) is 5.88. The number of piperazine rings is 1. The van der Waals surface area contributed by atoms with Gasteiger partial charge >= 0.3 is 0 Å². The average molecular weight is 296 g/mol. The summed E-state index contributed by atoms with van der Waals surface area (Å²) in [6.45, 7) is 7.43. The Kier molecular flexibility index (Phi) is 4.39. The number of thiazole rings is 1. The molecular formula is C13H20N4O2S. The van der Waals surface area contributed by atoms with E-state index in [9.17, 15) is 9.59 Å². The van der Waals surface area contributed by atoms with Crippen molar-refractivity contribution < 1.29 is 9.59 Å². The first-order chi connectivity index (χ1) is 9.43. The number of hydrogen-bond donors (Lipinski definition) is 2. The fraction of sp³-hybridized carbons (Fsp3) is 0.615. The quantitative estimate of drug-likeness (QED) is 0.799. The topological polar surface area (TPSA) is 74.3 Å². The lowest BCUT2D eigenvalue weighted by molar-refractivity contribution is -0.145. The summed E-state index contributed by atoms with van der Waals surface area (Å²) in [6, 6.07) is 0. The molecule has 1 aromatic rings. The predicted octanol–water partition coefficient (Wildman–Crippen LogP) is 1.20. The molecule has 2 amide bonds. The second-order valence-electron chi connectivity index (χ2n) is 5.35. The van der Waals surface area contributed by atoms with Crippen LogP contribution < -0.4 is 10.6 Å². The molecule has 110 valence electrons. The van der Waals surface area contributed by atoms with Gasteiger partial charge < -0.3 is 5.32 Å². The molecule has 0 aliphatic carbocycles. The standard InChI is InChI=1S/C13H20N4O2S/c1-4-5-14-12-15-6-9(20-12)7-17-8-10(18)16-11(19)13(17,2)3/h6H,4-5,7-8H2,1-3H3,(H,14,15)(H,16,18,19). The lowest BCUT2D eigenvalue weighted by Gasteiger charge is -2.39. The second-order valence-corrected chi connectivity index (χ2v) is 6.47. The Balaban J connectivity index is 2.06. The number of carbonyl (C=O) groups is 2. The minimum absolute atomic E-state index is 0.231. The van der Waals surface area contributed by atoms with E-state index >= 15 is 0 Å². The van der Waals surface area contributed by atoms with Crippen LogP contribution >= 0.6 is 11.3 Å². The Hall–Kier alpha value is -1.47. The van der Waals surface area contributed by atoms with Gasteiger partial charge in [0.1, 0.15) is 0 Å². The van der Waals surface area contributed by atoms with E-state index in [1.54, 1.807) is 17.5 Å². The third-order valence-electron chi connectivity index (χ3n) is 3.36. The molecule has 0 bridgehead atoms. The fourth-order valence-corrected chi connectivity index (χ4v) is 2.82. The third kappa shape index (κ3) is 3.16. The molecule has 0 spiro atoms. The number of imide groups is 1. The normalized spacial score (nSPS) is 18.9. The van der Waals surface area contributed by atoms with Gasteiger partial charge in [0.15, 0.2) is 5.13 Å². The number of aromatic nitrogens is 1. The Bertz CT molecular complexity index is 512. The zero-order valence-corrected chi connectivity index (χ0v) is 12.8. The minimum Gasteiger partial charge on any atom is -0.362 e. The highest BCUT2D eigenvalue weighted by atomic mass is 32.1. The van der Waals surface area contributed by atoms with Crippen molar-refractivity contribution in [2.45, 2.75) is 39.3 Å². The van der Waals surface area contributed by atoms with Crippen LogP contribution in [0.5, 0.6) is 0 Å². The Labute approximate surface area is 122 Å². The van der Waals surface area contributed by atoms with Gasteiger partial charge in [-0.1, -0.05) is 6.92 Å². The summed E-state index contributed by atoms with van der Waals surface area (Å²) in [7, 11) is 0. The first-order valence-electron chi connectivity index (χ1n) is 6.71. The van der Waals surface area contributed by atoms with Crippen molar-refractivity contribution in [2.75, 3.05) is 18.4 Å². The van der Waals surface area contributed by atoms with Crippen LogP contribution in [0.3, 0.4) is 0 Å². The van der Waals surface area contributed by atoms with Crippen molar-refractivity contribution in [1.29, 1.82) is 0 Å². The van der Waals surface area contributed by atoms with Crippen LogP contribution in [0.15, 0.2) is 6.20 Å². The van der Waals surface area contributed by atoms with E-state index in [4.69, 9.17) is 0 Å². The Morgan fingerprint density at radius 2 is 2.25 bits per heavy atom. The van der Waals surface area contributed by atoms with Crippen molar-refractivity contribution in [3.8, 4) is 0 Å². The van der Waals surface area contributed by atoms with Crippen LogP contribution in [0.1, 0.15) is 32.1 Å². The van der Waals surface area contributed by atoms with Crippen molar-refractivity contribution in [2.24, 2.45) is 0 Å². The van der Waals surface area contributed by atoms with E-state index in [1.165, 1.54) is 0 Å². The number of hydrogen-bond acceptors (Lipinski definition) is 6. The highest BCUT2D eigenvalue weighted by molar-refractivity contribution is 7.15. The molecule has 2 rings (SSSR count). The van der Waals surface area contributed by atoms with Crippen LogP contribution in [-0.4, -0.2) is 40.3 Å². The van der Waals surface area contributed by atoms with E-state index < -0.39 is 5.54 Å². The number of nitrogens with zero attached hydrogens (tertiary/aromatic N) is 2. The van der Waals surface area contributed by atoms with Crippen molar-refractivity contribution in [3.63, 3.8) is 0 Å². The Morgan fingerprint density at radius 3 is 2.95 bits per heavy atom. The molecular weight excluding hydrogens is 276 g/mol. The van der Waals surface area contributed by atoms with Gasteiger partial charge in [-0.05, 0) is 20.3 Å². The monoisotopic (exact) mass is 296 g/mol. The molecule has 1 aliphatic heterocycles. The summed E-state index contributed by atoms with van der Waals surface area (Å²) in [4.78, 5) is 30.6. The van der Waals surface area contributed by atoms with Crippen LogP contribution in [-0.2, 0) is 16.1 Å². The molecule has 20 heavy (non-hydrogen) atoms. The molecule has 0 aromatic carbocycles. The van der Waals surface area contributed by atoms with Gasteiger partial charge in [0.05, 0.1) is 12.1 Å². The largest absolute Gasteiger partial charge is 0.362 e. The van der Waals surface area contributed by atoms with Crippen LogP contribution in [0.4, 0.5) is 5.13 Å². The molecule has 0 saturated carbocycles. The number of rotatable bonds is 5. The first kappa shape index (κ1) is 14.9. The third-order valence-corrected chi connectivity index (χ3v) is 4.30. The lowest BCUT2D eigenvalue weighted by atomic mass is 9.99. The van der Waals surface area contributed by atoms with E-state index in [1.807, 2.05) is 18.7 Å². The SMILES string of the molecule is CCCNc1ncc(CN2CC(=O)NC(=O)C2(C)C)s1. The molecule has 0 atom stereocenters. The highest BCUT2D eigenvalue weighted by Gasteiger charge is 2.40. The summed E-state index contributed by atoms with van der Waals surface area (Å²) >= 11 is 1.56. The molecule has 0 unspecified atom stereocenters. The average Bonchev–Trinajstić information content (AvgIpc) is 2.81. The summed E-state index contributed by atoms with van der Waals surface area (Å²) in [5, 5.41) is 6.49. The minimum atomic E-state index is -0.686. The summed E-state index contributed by atoms with van der Waals surface area (Å²) in [5.41, 5.74) is -0.686. The van der Waals surface area contributed by atoms with Gasteiger partial charge in [0.2, 0.25) is 11.8 Å². The molecule has 7 heteroatoms. The fourth-order valence-electron chi connectivity index (χ4n) is 1.97. The molecule has 1 fully saturated rings. The molecule has 2 N–H and O–H groups in total. The smallest absolute Gasteiger partial charge is 0.246 e. The van der Waals surface area contributed by atoms with E-state index in [0.717, 1.165) is 23.0 Å². The van der Waals surface area contributed by atoms with Crippen molar-refractivity contribution in [1.82, 2.24) is 15.2 Å². The van der Waals surface area contributed by atoms with Gasteiger partial charge in [-0.3, -0.25) is 19.8 Å². The molecule has 1 aromatic heterocycles. The van der Waals surface area contributed by atoms with Crippen LogP contribution in [0, 0.1) is 0 Å². The zero-order valence-electron chi connectivity index (χ0n) is 12.0. The van der Waals surface area contributed by atoms with Gasteiger partial charge in [-0.2, -0.15) is 0 Å². The van der Waals surface area contributed by atoms with Gasteiger partial charge in [-0.15, -0.1) is 11.3 Å². The van der Waals surface area contributed by atoms with Gasteiger partial charge in [0, 0.05) is 24.2 Å². The number of nitrogens with one attached hydrogen (secondary N) is 2. The predicted molar refractivity (Wildman–Crippen MR) is 78.5 cm³/mol. The molecule has 6 nitrogen and oxygen atoms in total. The maximum Gasteiger partial charge on any atom is 0.246 e. The maximum absolute atomic E-state index is 11.9. The van der Waals surface area contributed by atoms with Crippen LogP contribution in [0.25, 0.3) is 0 Å². The summed E-state index contributed by atoms with van der Waals surface area (Å²) in [5.74, 6) is -0.495. The van der Waals surface area contributed by atoms with Crippen molar-refractivity contribution in [3.05, 3.63) is 11.1 Å². The van der Waals surface area contributed by atoms with Crippen LogP contribution in [0.2, 0.25) is 0 Å². The number of anilines is 1.